The lowest BCUT2D eigenvalue weighted by molar-refractivity contribution is 0.0950. The standard InChI is InChI=1S/C18H20BrNO3/c1-3-20-18(21)16-9-4-6-13(2)17(16)23-11-10-22-15-8-5-7-14(19)12-15/h4-9,12H,3,10-11H2,1-2H3,(H,20,21). The summed E-state index contributed by atoms with van der Waals surface area (Å²) < 4.78 is 12.4. The largest absolute Gasteiger partial charge is 0.490 e. The van der Waals surface area contributed by atoms with Crippen LogP contribution in [0.15, 0.2) is 46.9 Å². The third-order valence-electron chi connectivity index (χ3n) is 3.19. The molecule has 0 bridgehead atoms. The van der Waals surface area contributed by atoms with Crippen LogP contribution in [0.4, 0.5) is 0 Å². The molecule has 0 fully saturated rings. The Balaban J connectivity index is 1.96. The molecule has 0 saturated heterocycles. The number of hydrogen-bond donors (Lipinski definition) is 1. The Morgan fingerprint density at radius 1 is 1.13 bits per heavy atom. The predicted octanol–water partition coefficient (Wildman–Crippen LogP) is 3.97. The van der Waals surface area contributed by atoms with Crippen molar-refractivity contribution < 1.29 is 14.3 Å². The Morgan fingerprint density at radius 2 is 1.87 bits per heavy atom. The molecule has 0 unspecified atom stereocenters. The third kappa shape index (κ3) is 4.99. The molecule has 2 rings (SSSR count). The maximum Gasteiger partial charge on any atom is 0.255 e. The van der Waals surface area contributed by atoms with Crippen molar-refractivity contribution >= 4 is 21.8 Å². The first-order valence-corrected chi connectivity index (χ1v) is 8.30. The average Bonchev–Trinajstić information content (AvgIpc) is 2.53. The number of nitrogens with one attached hydrogen (secondary N) is 1. The molecule has 0 atom stereocenters. The van der Waals surface area contributed by atoms with Crippen molar-refractivity contribution in [3.8, 4) is 11.5 Å². The van der Waals surface area contributed by atoms with Crippen molar-refractivity contribution in [3.05, 3.63) is 58.1 Å². The van der Waals surface area contributed by atoms with Gasteiger partial charge in [-0.05, 0) is 43.7 Å². The highest BCUT2D eigenvalue weighted by Gasteiger charge is 2.13. The number of carbonyl (C=O) groups excluding carboxylic acids is 1. The number of hydrogen-bond acceptors (Lipinski definition) is 3. The molecular weight excluding hydrogens is 358 g/mol. The number of para-hydroxylation sites is 1. The molecule has 0 aliphatic carbocycles. The number of amides is 1. The fourth-order valence-corrected chi connectivity index (χ4v) is 2.52. The van der Waals surface area contributed by atoms with Gasteiger partial charge in [0.05, 0.1) is 5.56 Å². The van der Waals surface area contributed by atoms with Gasteiger partial charge in [-0.1, -0.05) is 34.1 Å². The van der Waals surface area contributed by atoms with Crippen molar-refractivity contribution in [1.82, 2.24) is 5.32 Å². The van der Waals surface area contributed by atoms with E-state index >= 15 is 0 Å². The monoisotopic (exact) mass is 377 g/mol. The first-order valence-electron chi connectivity index (χ1n) is 7.50. The van der Waals surface area contributed by atoms with Gasteiger partial charge in [0.15, 0.2) is 0 Å². The molecule has 0 aliphatic heterocycles. The summed E-state index contributed by atoms with van der Waals surface area (Å²) in [5.74, 6) is 1.26. The molecule has 0 aromatic heterocycles. The van der Waals surface area contributed by atoms with E-state index in [0.29, 0.717) is 31.1 Å². The molecule has 5 heteroatoms. The van der Waals surface area contributed by atoms with E-state index in [-0.39, 0.29) is 5.91 Å². The summed E-state index contributed by atoms with van der Waals surface area (Å²) in [5.41, 5.74) is 1.48. The van der Waals surface area contributed by atoms with Crippen LogP contribution in [-0.2, 0) is 0 Å². The first kappa shape index (κ1) is 17.3. The number of ether oxygens (including phenoxy) is 2. The first-order chi connectivity index (χ1) is 11.1. The van der Waals surface area contributed by atoms with E-state index in [2.05, 4.69) is 21.2 Å². The second-order valence-corrected chi connectivity index (χ2v) is 5.88. The van der Waals surface area contributed by atoms with E-state index in [1.807, 2.05) is 50.2 Å². The van der Waals surface area contributed by atoms with Crippen LogP contribution in [0.3, 0.4) is 0 Å². The number of carbonyl (C=O) groups is 1. The van der Waals surface area contributed by atoms with Gasteiger partial charge in [-0.3, -0.25) is 4.79 Å². The highest BCUT2D eigenvalue weighted by atomic mass is 79.9. The molecule has 0 radical (unpaired) electrons. The summed E-state index contributed by atoms with van der Waals surface area (Å²) in [6.45, 7) is 5.16. The number of halogens is 1. The quantitative estimate of drug-likeness (QED) is 0.742. The van der Waals surface area contributed by atoms with Gasteiger partial charge in [-0.15, -0.1) is 0 Å². The van der Waals surface area contributed by atoms with Gasteiger partial charge in [-0.25, -0.2) is 0 Å². The summed E-state index contributed by atoms with van der Waals surface area (Å²) in [5, 5.41) is 2.80. The SMILES string of the molecule is CCNC(=O)c1cccc(C)c1OCCOc1cccc(Br)c1. The van der Waals surface area contributed by atoms with Crippen LogP contribution in [0.2, 0.25) is 0 Å². The highest BCUT2D eigenvalue weighted by Crippen LogP contribution is 2.23. The molecular formula is C18H20BrNO3. The fourth-order valence-electron chi connectivity index (χ4n) is 2.14. The summed E-state index contributed by atoms with van der Waals surface area (Å²) in [7, 11) is 0. The van der Waals surface area contributed by atoms with Gasteiger partial charge in [-0.2, -0.15) is 0 Å². The van der Waals surface area contributed by atoms with Crippen LogP contribution in [0.1, 0.15) is 22.8 Å². The molecule has 4 nitrogen and oxygen atoms in total. The van der Waals surface area contributed by atoms with Crippen LogP contribution in [-0.4, -0.2) is 25.7 Å². The summed E-state index contributed by atoms with van der Waals surface area (Å²) in [4.78, 5) is 12.1. The van der Waals surface area contributed by atoms with Crippen molar-refractivity contribution in [2.75, 3.05) is 19.8 Å². The van der Waals surface area contributed by atoms with Gasteiger partial charge in [0.2, 0.25) is 0 Å². The Bertz CT molecular complexity index is 673. The van der Waals surface area contributed by atoms with E-state index in [9.17, 15) is 4.79 Å². The zero-order valence-corrected chi connectivity index (χ0v) is 14.9. The smallest absolute Gasteiger partial charge is 0.255 e. The zero-order chi connectivity index (χ0) is 16.7. The molecule has 23 heavy (non-hydrogen) atoms. The van der Waals surface area contributed by atoms with E-state index in [1.165, 1.54) is 0 Å². The number of benzene rings is 2. The van der Waals surface area contributed by atoms with Crippen molar-refractivity contribution in [2.45, 2.75) is 13.8 Å². The van der Waals surface area contributed by atoms with Crippen molar-refractivity contribution in [2.24, 2.45) is 0 Å². The van der Waals surface area contributed by atoms with Crippen LogP contribution in [0.5, 0.6) is 11.5 Å². The fraction of sp³-hybridized carbons (Fsp3) is 0.278. The second kappa shape index (κ2) is 8.58. The van der Waals surface area contributed by atoms with Gasteiger partial charge in [0.25, 0.3) is 5.91 Å². The summed E-state index contributed by atoms with van der Waals surface area (Å²) in [6.07, 6.45) is 0. The molecule has 2 aromatic carbocycles. The minimum Gasteiger partial charge on any atom is -0.490 e. The lowest BCUT2D eigenvalue weighted by atomic mass is 10.1. The highest BCUT2D eigenvalue weighted by molar-refractivity contribution is 9.10. The molecule has 1 N–H and O–H groups in total. The van der Waals surface area contributed by atoms with E-state index in [4.69, 9.17) is 9.47 Å². The van der Waals surface area contributed by atoms with E-state index in [1.54, 1.807) is 6.07 Å². The predicted molar refractivity (Wildman–Crippen MR) is 94.3 cm³/mol. The molecule has 122 valence electrons. The second-order valence-electron chi connectivity index (χ2n) is 4.97. The zero-order valence-electron chi connectivity index (χ0n) is 13.3. The molecule has 0 spiro atoms. The minimum absolute atomic E-state index is 0.126. The topological polar surface area (TPSA) is 47.6 Å². The van der Waals surface area contributed by atoms with Gasteiger partial charge >= 0.3 is 0 Å². The van der Waals surface area contributed by atoms with Crippen LogP contribution < -0.4 is 14.8 Å². The molecule has 2 aromatic rings. The lowest BCUT2D eigenvalue weighted by Gasteiger charge is -2.14. The molecule has 0 heterocycles. The maximum absolute atomic E-state index is 12.1. The Morgan fingerprint density at radius 3 is 2.61 bits per heavy atom. The van der Waals surface area contributed by atoms with Gasteiger partial charge in [0, 0.05) is 11.0 Å². The normalized spacial score (nSPS) is 10.2. The average molecular weight is 378 g/mol. The van der Waals surface area contributed by atoms with Crippen LogP contribution >= 0.6 is 15.9 Å². The summed E-state index contributed by atoms with van der Waals surface area (Å²) >= 11 is 3.40. The Kier molecular flexibility index (Phi) is 6.47. The number of aryl methyl sites for hydroxylation is 1. The lowest BCUT2D eigenvalue weighted by Crippen LogP contribution is -2.24. The van der Waals surface area contributed by atoms with Crippen LogP contribution in [0, 0.1) is 6.92 Å². The minimum atomic E-state index is -0.126. The molecule has 0 aliphatic rings. The van der Waals surface area contributed by atoms with Crippen molar-refractivity contribution in [3.63, 3.8) is 0 Å². The van der Waals surface area contributed by atoms with E-state index < -0.39 is 0 Å². The third-order valence-corrected chi connectivity index (χ3v) is 3.68. The summed E-state index contributed by atoms with van der Waals surface area (Å²) in [6, 6.07) is 13.2. The number of rotatable bonds is 7. The maximum atomic E-state index is 12.1. The molecule has 1 amide bonds. The van der Waals surface area contributed by atoms with E-state index in [0.717, 1.165) is 15.8 Å². The Labute approximate surface area is 144 Å². The Hall–Kier alpha value is -2.01. The van der Waals surface area contributed by atoms with Gasteiger partial charge in [0.1, 0.15) is 24.7 Å². The van der Waals surface area contributed by atoms with Crippen molar-refractivity contribution in [1.29, 1.82) is 0 Å². The molecule has 0 saturated carbocycles. The van der Waals surface area contributed by atoms with Gasteiger partial charge < -0.3 is 14.8 Å². The van der Waals surface area contributed by atoms with Crippen LogP contribution in [0.25, 0.3) is 0 Å².